The van der Waals surface area contributed by atoms with Crippen LogP contribution in [0.15, 0.2) is 0 Å². The van der Waals surface area contributed by atoms with Crippen molar-refractivity contribution in [1.82, 2.24) is 10.2 Å². The lowest BCUT2D eigenvalue weighted by molar-refractivity contribution is -0.0713. The van der Waals surface area contributed by atoms with Crippen LogP contribution < -0.4 is 5.32 Å². The molecule has 94 valence electrons. The Hall–Kier alpha value is -0.160. The first-order chi connectivity index (χ1) is 7.73. The zero-order valence-corrected chi connectivity index (χ0v) is 10.2. The van der Waals surface area contributed by atoms with Crippen molar-refractivity contribution >= 4 is 0 Å². The van der Waals surface area contributed by atoms with E-state index in [1.54, 1.807) is 0 Å². The number of nitrogens with one attached hydrogen (secondary N) is 1. The minimum absolute atomic E-state index is 0.476. The van der Waals surface area contributed by atoms with Crippen LogP contribution in [0, 0.1) is 0 Å². The Morgan fingerprint density at radius 2 is 2.19 bits per heavy atom. The number of hydrogen-bond acceptors (Lipinski definition) is 4. The third-order valence-corrected chi connectivity index (χ3v) is 3.85. The molecule has 0 aromatic carbocycles. The second-order valence-electron chi connectivity index (χ2n) is 5.08. The van der Waals surface area contributed by atoms with E-state index in [0.717, 1.165) is 58.7 Å². The van der Waals surface area contributed by atoms with Crippen LogP contribution in [0.2, 0.25) is 0 Å². The fourth-order valence-corrected chi connectivity index (χ4v) is 2.70. The smallest absolute Gasteiger partial charge is 0.0798 e. The van der Waals surface area contributed by atoms with E-state index in [9.17, 15) is 5.11 Å². The minimum atomic E-state index is -0.476. The summed E-state index contributed by atoms with van der Waals surface area (Å²) in [5.41, 5.74) is -0.476. The molecule has 2 N–H and O–H groups in total. The van der Waals surface area contributed by atoms with E-state index in [4.69, 9.17) is 4.74 Å². The van der Waals surface area contributed by atoms with Gasteiger partial charge in [0.15, 0.2) is 0 Å². The molecule has 0 aromatic rings. The van der Waals surface area contributed by atoms with Gasteiger partial charge in [0.1, 0.15) is 0 Å². The van der Waals surface area contributed by atoms with Crippen molar-refractivity contribution in [3.8, 4) is 0 Å². The largest absolute Gasteiger partial charge is 0.388 e. The predicted octanol–water partition coefficient (Wildman–Crippen LogP) is 0.212. The average Bonchev–Trinajstić information content (AvgIpc) is 2.30. The van der Waals surface area contributed by atoms with E-state index in [1.165, 1.54) is 0 Å². The summed E-state index contributed by atoms with van der Waals surface area (Å²) in [4.78, 5) is 2.41. The number of piperidine rings is 1. The summed E-state index contributed by atoms with van der Waals surface area (Å²) in [7, 11) is 0. The molecule has 0 aliphatic carbocycles. The molecule has 0 amide bonds. The van der Waals surface area contributed by atoms with Gasteiger partial charge in [0.25, 0.3) is 0 Å². The molecule has 2 aliphatic heterocycles. The van der Waals surface area contributed by atoms with E-state index >= 15 is 0 Å². The van der Waals surface area contributed by atoms with Crippen LogP contribution in [0.5, 0.6) is 0 Å². The van der Waals surface area contributed by atoms with Gasteiger partial charge in [-0.15, -0.1) is 0 Å². The maximum Gasteiger partial charge on any atom is 0.0798 e. The van der Waals surface area contributed by atoms with E-state index in [2.05, 4.69) is 17.1 Å². The second kappa shape index (κ2) is 5.45. The quantitative estimate of drug-likeness (QED) is 0.725. The molecule has 2 aliphatic rings. The van der Waals surface area contributed by atoms with E-state index in [-0.39, 0.29) is 0 Å². The molecule has 0 bridgehead atoms. The van der Waals surface area contributed by atoms with Crippen molar-refractivity contribution in [3.05, 3.63) is 0 Å². The van der Waals surface area contributed by atoms with Crippen molar-refractivity contribution in [3.63, 3.8) is 0 Å². The van der Waals surface area contributed by atoms with Gasteiger partial charge in [-0.3, -0.25) is 4.90 Å². The average molecular weight is 228 g/mol. The predicted molar refractivity (Wildman–Crippen MR) is 63.5 cm³/mol. The Labute approximate surface area is 98.0 Å². The summed E-state index contributed by atoms with van der Waals surface area (Å²) in [6, 6.07) is 0.493. The Morgan fingerprint density at radius 1 is 1.44 bits per heavy atom. The highest BCUT2D eigenvalue weighted by Crippen LogP contribution is 2.22. The molecule has 1 unspecified atom stereocenters. The van der Waals surface area contributed by atoms with Gasteiger partial charge in [0.2, 0.25) is 0 Å². The Bertz CT molecular complexity index is 217. The lowest BCUT2D eigenvalue weighted by Gasteiger charge is -2.42. The minimum Gasteiger partial charge on any atom is -0.388 e. The van der Waals surface area contributed by atoms with Gasteiger partial charge in [-0.2, -0.15) is 0 Å². The molecule has 2 fully saturated rings. The van der Waals surface area contributed by atoms with Crippen LogP contribution in [-0.4, -0.2) is 61.0 Å². The van der Waals surface area contributed by atoms with Crippen molar-refractivity contribution in [2.45, 2.75) is 37.8 Å². The topological polar surface area (TPSA) is 44.7 Å². The van der Waals surface area contributed by atoms with Crippen LogP contribution in [0.1, 0.15) is 26.2 Å². The number of nitrogens with zero attached hydrogens (tertiary/aromatic N) is 1. The maximum absolute atomic E-state index is 10.5. The lowest BCUT2D eigenvalue weighted by Crippen LogP contribution is -2.55. The van der Waals surface area contributed by atoms with Crippen LogP contribution in [0.3, 0.4) is 0 Å². The molecule has 2 heterocycles. The number of morpholine rings is 1. The summed E-state index contributed by atoms with van der Waals surface area (Å²) >= 11 is 0. The van der Waals surface area contributed by atoms with Crippen molar-refractivity contribution < 1.29 is 9.84 Å². The first-order valence-corrected chi connectivity index (χ1v) is 6.48. The van der Waals surface area contributed by atoms with Crippen molar-refractivity contribution in [2.24, 2.45) is 0 Å². The van der Waals surface area contributed by atoms with Gasteiger partial charge in [-0.25, -0.2) is 0 Å². The summed E-state index contributed by atoms with van der Waals surface area (Å²) in [6.45, 7) is 7.49. The fourth-order valence-electron chi connectivity index (χ4n) is 2.70. The highest BCUT2D eigenvalue weighted by Gasteiger charge is 2.34. The number of β-amino-alcohol motifs (C(OH)–C–C–N with tert-alkyl or cyclic N) is 1. The number of aliphatic hydroxyl groups is 1. The Balaban J connectivity index is 1.90. The SMILES string of the molecule is CCC1COCCN1CC1(O)CCNCC1. The molecule has 4 nitrogen and oxygen atoms in total. The third kappa shape index (κ3) is 2.94. The molecule has 0 saturated carbocycles. The lowest BCUT2D eigenvalue weighted by atomic mass is 9.91. The number of rotatable bonds is 3. The van der Waals surface area contributed by atoms with Gasteiger partial charge in [0, 0.05) is 19.1 Å². The summed E-state index contributed by atoms with van der Waals surface area (Å²) < 4.78 is 5.49. The molecule has 4 heteroatoms. The Kier molecular flexibility index (Phi) is 4.19. The molecule has 0 aromatic heterocycles. The van der Waals surface area contributed by atoms with Crippen LogP contribution >= 0.6 is 0 Å². The van der Waals surface area contributed by atoms with Gasteiger partial charge in [-0.1, -0.05) is 6.92 Å². The molecule has 0 radical (unpaired) electrons. The Morgan fingerprint density at radius 3 is 2.88 bits per heavy atom. The number of ether oxygens (including phenoxy) is 1. The summed E-state index contributed by atoms with van der Waals surface area (Å²) in [5.74, 6) is 0. The molecule has 2 rings (SSSR count). The van der Waals surface area contributed by atoms with Crippen LogP contribution in [0.4, 0.5) is 0 Å². The molecular formula is C12H24N2O2. The summed E-state index contributed by atoms with van der Waals surface area (Å²) in [5, 5.41) is 13.8. The van der Waals surface area contributed by atoms with E-state index in [1.807, 2.05) is 0 Å². The van der Waals surface area contributed by atoms with Gasteiger partial charge in [0.05, 0.1) is 18.8 Å². The van der Waals surface area contributed by atoms with Gasteiger partial charge >= 0.3 is 0 Å². The van der Waals surface area contributed by atoms with Crippen molar-refractivity contribution in [2.75, 3.05) is 39.4 Å². The zero-order chi connectivity index (χ0) is 11.4. The first kappa shape index (κ1) is 12.3. The second-order valence-corrected chi connectivity index (χ2v) is 5.08. The maximum atomic E-state index is 10.5. The normalized spacial score (nSPS) is 31.5. The third-order valence-electron chi connectivity index (χ3n) is 3.85. The van der Waals surface area contributed by atoms with Crippen LogP contribution in [0.25, 0.3) is 0 Å². The fraction of sp³-hybridized carbons (Fsp3) is 1.00. The molecule has 16 heavy (non-hydrogen) atoms. The van der Waals surface area contributed by atoms with Crippen LogP contribution in [-0.2, 0) is 4.74 Å². The van der Waals surface area contributed by atoms with Crippen molar-refractivity contribution in [1.29, 1.82) is 0 Å². The first-order valence-electron chi connectivity index (χ1n) is 6.48. The standard InChI is InChI=1S/C12H24N2O2/c1-2-11-9-16-8-7-14(11)10-12(15)3-5-13-6-4-12/h11,13,15H,2-10H2,1H3. The highest BCUT2D eigenvalue weighted by atomic mass is 16.5. The zero-order valence-electron chi connectivity index (χ0n) is 10.2. The van der Waals surface area contributed by atoms with E-state index < -0.39 is 5.60 Å². The molecular weight excluding hydrogens is 204 g/mol. The highest BCUT2D eigenvalue weighted by molar-refractivity contribution is 4.89. The molecule has 2 saturated heterocycles. The van der Waals surface area contributed by atoms with E-state index in [0.29, 0.717) is 6.04 Å². The molecule has 1 atom stereocenters. The van der Waals surface area contributed by atoms with Gasteiger partial charge < -0.3 is 15.2 Å². The summed E-state index contributed by atoms with van der Waals surface area (Å²) in [6.07, 6.45) is 2.86. The number of hydrogen-bond donors (Lipinski definition) is 2. The molecule has 0 spiro atoms. The monoisotopic (exact) mass is 228 g/mol. The van der Waals surface area contributed by atoms with Gasteiger partial charge in [-0.05, 0) is 32.4 Å².